The second-order valence-electron chi connectivity index (χ2n) is 2.53. The van der Waals surface area contributed by atoms with E-state index in [1.54, 1.807) is 6.92 Å². The molecule has 0 saturated heterocycles. The van der Waals surface area contributed by atoms with Crippen LogP contribution >= 0.6 is 0 Å². The fourth-order valence-electron chi connectivity index (χ4n) is 0.966. The predicted molar refractivity (Wildman–Crippen MR) is 43.8 cm³/mol. The third-order valence-electron chi connectivity index (χ3n) is 1.57. The number of nitro groups is 1. The largest absolute Gasteiger partial charge is 0.309 e. The molecule has 0 aliphatic carbocycles. The van der Waals surface area contributed by atoms with Gasteiger partial charge in [0, 0.05) is 0 Å². The summed E-state index contributed by atoms with van der Waals surface area (Å²) in [5.74, 6) is 0. The van der Waals surface area contributed by atoms with Gasteiger partial charge in [0.15, 0.2) is 0 Å². The lowest BCUT2D eigenvalue weighted by atomic mass is 10.4. The van der Waals surface area contributed by atoms with Gasteiger partial charge in [-0.25, -0.2) is 0 Å². The zero-order valence-electron chi connectivity index (χ0n) is 7.10. The van der Waals surface area contributed by atoms with Crippen molar-refractivity contribution in [1.29, 1.82) is 5.26 Å². The van der Waals surface area contributed by atoms with Crippen molar-refractivity contribution in [2.24, 2.45) is 0 Å². The zero-order valence-corrected chi connectivity index (χ0v) is 7.10. The van der Waals surface area contributed by atoms with E-state index in [-0.39, 0.29) is 5.69 Å². The van der Waals surface area contributed by atoms with Gasteiger partial charge in [-0.05, 0) is 6.92 Å². The first-order valence-corrected chi connectivity index (χ1v) is 3.70. The minimum Gasteiger partial charge on any atom is -0.264 e. The van der Waals surface area contributed by atoms with E-state index >= 15 is 0 Å². The number of nitrogens with zero attached hydrogens (tertiary/aromatic N) is 4. The van der Waals surface area contributed by atoms with E-state index < -0.39 is 4.92 Å². The van der Waals surface area contributed by atoms with Crippen molar-refractivity contribution in [3.05, 3.63) is 22.0 Å². The van der Waals surface area contributed by atoms with Crippen molar-refractivity contribution in [2.45, 2.75) is 19.9 Å². The first-order chi connectivity index (χ1) is 6.15. The van der Waals surface area contributed by atoms with Crippen molar-refractivity contribution in [1.82, 2.24) is 9.78 Å². The average molecular weight is 180 g/mol. The van der Waals surface area contributed by atoms with Gasteiger partial charge in [0.1, 0.15) is 11.9 Å². The summed E-state index contributed by atoms with van der Waals surface area (Å²) in [6.07, 6.45) is 1.64. The molecule has 1 aromatic heterocycles. The van der Waals surface area contributed by atoms with Gasteiger partial charge in [-0.2, -0.15) is 10.4 Å². The van der Waals surface area contributed by atoms with Crippen LogP contribution in [0, 0.1) is 28.4 Å². The Morgan fingerprint density at radius 1 is 1.85 bits per heavy atom. The van der Waals surface area contributed by atoms with E-state index in [0.717, 1.165) is 0 Å². The summed E-state index contributed by atoms with van der Waals surface area (Å²) in [7, 11) is 0. The SMILES string of the molecule is Cc1nn(CCC#N)cc1[N+](=O)[O-]. The molecule has 68 valence electrons. The number of hydrogen-bond acceptors (Lipinski definition) is 4. The normalized spacial score (nSPS) is 9.54. The molecule has 0 N–H and O–H groups in total. The molecule has 6 heteroatoms. The molecule has 0 saturated carbocycles. The van der Waals surface area contributed by atoms with Crippen molar-refractivity contribution in [3.63, 3.8) is 0 Å². The molecular weight excluding hydrogens is 172 g/mol. The second kappa shape index (κ2) is 3.67. The van der Waals surface area contributed by atoms with Gasteiger partial charge < -0.3 is 0 Å². The predicted octanol–water partition coefficient (Wildman–Crippen LogP) is 1.01. The van der Waals surface area contributed by atoms with E-state index in [1.165, 1.54) is 10.9 Å². The summed E-state index contributed by atoms with van der Waals surface area (Å²) < 4.78 is 1.41. The number of hydrogen-bond donors (Lipinski definition) is 0. The Hall–Kier alpha value is -1.90. The van der Waals surface area contributed by atoms with Crippen molar-refractivity contribution in [2.75, 3.05) is 0 Å². The first-order valence-electron chi connectivity index (χ1n) is 3.70. The maximum atomic E-state index is 10.4. The summed E-state index contributed by atoms with van der Waals surface area (Å²) in [6.45, 7) is 1.96. The lowest BCUT2D eigenvalue weighted by Crippen LogP contribution is -1.97. The molecule has 0 bridgehead atoms. The molecule has 0 unspecified atom stereocenters. The summed E-state index contributed by atoms with van der Waals surface area (Å²) >= 11 is 0. The van der Waals surface area contributed by atoms with Gasteiger partial charge in [-0.15, -0.1) is 0 Å². The van der Waals surface area contributed by atoms with Crippen molar-refractivity contribution >= 4 is 5.69 Å². The molecule has 0 spiro atoms. The topological polar surface area (TPSA) is 84.8 Å². The molecule has 13 heavy (non-hydrogen) atoms. The van der Waals surface area contributed by atoms with Crippen LogP contribution in [0.2, 0.25) is 0 Å². The molecule has 1 aromatic rings. The highest BCUT2D eigenvalue weighted by atomic mass is 16.6. The fourth-order valence-corrected chi connectivity index (χ4v) is 0.966. The molecule has 1 heterocycles. The Balaban J connectivity index is 2.84. The van der Waals surface area contributed by atoms with Gasteiger partial charge in [0.25, 0.3) is 0 Å². The fraction of sp³-hybridized carbons (Fsp3) is 0.429. The monoisotopic (exact) mass is 180 g/mol. The molecule has 0 atom stereocenters. The highest BCUT2D eigenvalue weighted by Gasteiger charge is 2.14. The smallest absolute Gasteiger partial charge is 0.264 e. The molecule has 0 amide bonds. The molecule has 1 rings (SSSR count). The third kappa shape index (κ3) is 2.02. The molecule has 0 aliphatic heterocycles. The lowest BCUT2D eigenvalue weighted by molar-refractivity contribution is -0.385. The van der Waals surface area contributed by atoms with E-state index in [4.69, 9.17) is 5.26 Å². The summed E-state index contributed by atoms with van der Waals surface area (Å²) in [5, 5.41) is 22.6. The molecule has 0 aliphatic rings. The summed E-state index contributed by atoms with van der Waals surface area (Å²) in [4.78, 5) is 9.92. The average Bonchev–Trinajstić information content (AvgIpc) is 2.43. The summed E-state index contributed by atoms with van der Waals surface area (Å²) in [5.41, 5.74) is 0.376. The van der Waals surface area contributed by atoms with Crippen LogP contribution in [-0.2, 0) is 6.54 Å². The molecule has 0 radical (unpaired) electrons. The quantitative estimate of drug-likeness (QED) is 0.513. The minimum absolute atomic E-state index is 0.00191. The second-order valence-corrected chi connectivity index (χ2v) is 2.53. The molecule has 0 fully saturated rings. The van der Waals surface area contributed by atoms with Gasteiger partial charge in [0.05, 0.1) is 24.0 Å². The van der Waals surface area contributed by atoms with Gasteiger partial charge in [-0.1, -0.05) is 0 Å². The van der Waals surface area contributed by atoms with E-state index in [0.29, 0.717) is 18.7 Å². The highest BCUT2D eigenvalue weighted by Crippen LogP contribution is 2.14. The van der Waals surface area contributed by atoms with Crippen LogP contribution in [0.15, 0.2) is 6.20 Å². The van der Waals surface area contributed by atoms with Crippen molar-refractivity contribution < 1.29 is 4.92 Å². The van der Waals surface area contributed by atoms with E-state index in [1.807, 2.05) is 6.07 Å². The Morgan fingerprint density at radius 2 is 2.54 bits per heavy atom. The van der Waals surface area contributed by atoms with Crippen LogP contribution in [0.25, 0.3) is 0 Å². The van der Waals surface area contributed by atoms with Crippen molar-refractivity contribution in [3.8, 4) is 6.07 Å². The highest BCUT2D eigenvalue weighted by molar-refractivity contribution is 5.30. The number of nitriles is 1. The molecule has 6 nitrogen and oxygen atoms in total. The minimum atomic E-state index is -0.481. The zero-order chi connectivity index (χ0) is 9.84. The van der Waals surface area contributed by atoms with E-state index in [9.17, 15) is 10.1 Å². The Labute approximate surface area is 74.5 Å². The maximum Gasteiger partial charge on any atom is 0.309 e. The van der Waals surface area contributed by atoms with Crippen LogP contribution in [0.5, 0.6) is 0 Å². The van der Waals surface area contributed by atoms with Crippen LogP contribution in [-0.4, -0.2) is 14.7 Å². The van der Waals surface area contributed by atoms with Crippen LogP contribution < -0.4 is 0 Å². The van der Waals surface area contributed by atoms with Crippen LogP contribution in [0.1, 0.15) is 12.1 Å². The summed E-state index contributed by atoms with van der Waals surface area (Å²) in [6, 6.07) is 1.94. The standard InChI is InChI=1S/C7H8N4O2/c1-6-7(11(12)13)5-10(9-6)4-2-3-8/h5H,2,4H2,1H3. The Morgan fingerprint density at radius 3 is 3.00 bits per heavy atom. The maximum absolute atomic E-state index is 10.4. The Kier molecular flexibility index (Phi) is 2.59. The Bertz CT molecular complexity index is 363. The third-order valence-corrected chi connectivity index (χ3v) is 1.57. The lowest BCUT2D eigenvalue weighted by Gasteiger charge is -1.91. The molecule has 0 aromatic carbocycles. The van der Waals surface area contributed by atoms with Gasteiger partial charge >= 0.3 is 5.69 Å². The number of rotatable bonds is 3. The van der Waals surface area contributed by atoms with Gasteiger partial charge in [0.2, 0.25) is 0 Å². The molecular formula is C7H8N4O2. The number of aryl methyl sites for hydroxylation is 2. The van der Waals surface area contributed by atoms with Gasteiger partial charge in [-0.3, -0.25) is 14.8 Å². The first kappa shape index (κ1) is 9.19. The van der Waals surface area contributed by atoms with Crippen LogP contribution in [0.4, 0.5) is 5.69 Å². The number of aromatic nitrogens is 2. The van der Waals surface area contributed by atoms with E-state index in [2.05, 4.69) is 5.10 Å². The van der Waals surface area contributed by atoms with Crippen LogP contribution in [0.3, 0.4) is 0 Å².